The van der Waals surface area contributed by atoms with Gasteiger partial charge in [-0.15, -0.1) is 0 Å². The Balaban J connectivity index is 3.47. The molecular formula is C13H12F4. The molecule has 0 saturated carbocycles. The van der Waals surface area contributed by atoms with E-state index in [0.29, 0.717) is 16.7 Å². The van der Waals surface area contributed by atoms with Crippen LogP contribution in [0, 0.1) is 6.92 Å². The average molecular weight is 244 g/mol. The van der Waals surface area contributed by atoms with Crippen LogP contribution in [0.2, 0.25) is 0 Å². The molecule has 0 heterocycles. The SMILES string of the molecule is C/C(F)=C(\C)c1cccc(C(F)=C(F)F)c1C. The first kappa shape index (κ1) is 13.5. The topological polar surface area (TPSA) is 0 Å². The van der Waals surface area contributed by atoms with Crippen molar-refractivity contribution in [3.05, 3.63) is 46.8 Å². The van der Waals surface area contributed by atoms with Crippen LogP contribution >= 0.6 is 0 Å². The van der Waals surface area contributed by atoms with Gasteiger partial charge in [0.15, 0.2) is 5.83 Å². The van der Waals surface area contributed by atoms with E-state index in [-0.39, 0.29) is 5.56 Å². The molecule has 0 aliphatic carbocycles. The second-order valence-electron chi connectivity index (χ2n) is 3.71. The van der Waals surface area contributed by atoms with Crippen LogP contribution in [0.3, 0.4) is 0 Å². The summed E-state index contributed by atoms with van der Waals surface area (Å²) in [7, 11) is 0. The van der Waals surface area contributed by atoms with Crippen molar-refractivity contribution in [2.24, 2.45) is 0 Å². The van der Waals surface area contributed by atoms with Crippen molar-refractivity contribution >= 4 is 11.4 Å². The highest BCUT2D eigenvalue weighted by Crippen LogP contribution is 2.30. The van der Waals surface area contributed by atoms with E-state index in [1.807, 2.05) is 0 Å². The van der Waals surface area contributed by atoms with E-state index in [2.05, 4.69) is 0 Å². The lowest BCUT2D eigenvalue weighted by atomic mass is 9.96. The molecule has 0 bridgehead atoms. The Hall–Kier alpha value is -1.58. The van der Waals surface area contributed by atoms with Crippen molar-refractivity contribution in [3.8, 4) is 0 Å². The summed E-state index contributed by atoms with van der Waals surface area (Å²) in [6, 6.07) is 4.24. The average Bonchev–Trinajstić information content (AvgIpc) is 2.27. The van der Waals surface area contributed by atoms with Crippen molar-refractivity contribution in [2.75, 3.05) is 0 Å². The van der Waals surface area contributed by atoms with Gasteiger partial charge in [0.1, 0.15) is 5.83 Å². The van der Waals surface area contributed by atoms with Gasteiger partial charge in [-0.2, -0.15) is 8.78 Å². The number of allylic oxidation sites excluding steroid dienone is 2. The van der Waals surface area contributed by atoms with Crippen LogP contribution in [-0.2, 0) is 0 Å². The summed E-state index contributed by atoms with van der Waals surface area (Å²) in [5.41, 5.74) is 0.839. The van der Waals surface area contributed by atoms with Crippen LogP contribution in [0.1, 0.15) is 30.5 Å². The zero-order valence-electron chi connectivity index (χ0n) is 9.74. The molecule has 0 saturated heterocycles. The highest BCUT2D eigenvalue weighted by molar-refractivity contribution is 5.74. The minimum Gasteiger partial charge on any atom is -0.212 e. The third kappa shape index (κ3) is 2.75. The number of halogens is 4. The summed E-state index contributed by atoms with van der Waals surface area (Å²) in [4.78, 5) is 0. The van der Waals surface area contributed by atoms with Crippen LogP contribution in [0.5, 0.6) is 0 Å². The van der Waals surface area contributed by atoms with Gasteiger partial charge in [0.25, 0.3) is 0 Å². The second kappa shape index (κ2) is 5.17. The van der Waals surface area contributed by atoms with Gasteiger partial charge in [0.2, 0.25) is 0 Å². The summed E-state index contributed by atoms with van der Waals surface area (Å²) >= 11 is 0. The van der Waals surface area contributed by atoms with Crippen molar-refractivity contribution in [1.29, 1.82) is 0 Å². The van der Waals surface area contributed by atoms with Gasteiger partial charge >= 0.3 is 6.08 Å². The molecule has 92 valence electrons. The molecule has 4 heteroatoms. The predicted molar refractivity (Wildman–Crippen MR) is 60.8 cm³/mol. The molecule has 0 atom stereocenters. The monoisotopic (exact) mass is 244 g/mol. The first-order chi connectivity index (χ1) is 7.86. The van der Waals surface area contributed by atoms with E-state index in [1.54, 1.807) is 6.07 Å². The van der Waals surface area contributed by atoms with Crippen LogP contribution in [0.4, 0.5) is 17.6 Å². The van der Waals surface area contributed by atoms with Gasteiger partial charge < -0.3 is 0 Å². The molecule has 0 N–H and O–H groups in total. The highest BCUT2D eigenvalue weighted by Gasteiger charge is 2.14. The van der Waals surface area contributed by atoms with Crippen LogP contribution in [0.25, 0.3) is 11.4 Å². The summed E-state index contributed by atoms with van der Waals surface area (Å²) in [5, 5.41) is 0. The van der Waals surface area contributed by atoms with Crippen molar-refractivity contribution in [2.45, 2.75) is 20.8 Å². The van der Waals surface area contributed by atoms with Crippen LogP contribution in [0.15, 0.2) is 30.1 Å². The Kier molecular flexibility index (Phi) is 4.10. The van der Waals surface area contributed by atoms with Crippen molar-refractivity contribution < 1.29 is 17.6 Å². The third-order valence-corrected chi connectivity index (χ3v) is 2.66. The molecule has 17 heavy (non-hydrogen) atoms. The number of hydrogen-bond donors (Lipinski definition) is 0. The van der Waals surface area contributed by atoms with E-state index in [1.165, 1.54) is 32.9 Å². The lowest BCUT2D eigenvalue weighted by molar-refractivity contribution is 0.410. The third-order valence-electron chi connectivity index (χ3n) is 2.66. The number of rotatable bonds is 2. The zero-order chi connectivity index (χ0) is 13.2. The van der Waals surface area contributed by atoms with Crippen LogP contribution < -0.4 is 0 Å². The molecule has 0 amide bonds. The summed E-state index contributed by atoms with van der Waals surface area (Å²) in [6.07, 6.45) is -2.37. The molecule has 1 aromatic rings. The predicted octanol–water partition coefficient (Wildman–Crippen LogP) is 5.25. The Morgan fingerprint density at radius 2 is 1.47 bits per heavy atom. The normalized spacial score (nSPS) is 12.2. The van der Waals surface area contributed by atoms with Crippen molar-refractivity contribution in [3.63, 3.8) is 0 Å². The molecule has 0 aliphatic heterocycles. The van der Waals surface area contributed by atoms with Gasteiger partial charge in [-0.05, 0) is 37.5 Å². The quantitative estimate of drug-likeness (QED) is 0.623. The second-order valence-corrected chi connectivity index (χ2v) is 3.71. The lowest BCUT2D eigenvalue weighted by Gasteiger charge is -2.10. The lowest BCUT2D eigenvalue weighted by Crippen LogP contribution is -1.93. The maximum Gasteiger partial charge on any atom is 0.306 e. The smallest absolute Gasteiger partial charge is 0.212 e. The maximum atomic E-state index is 13.2. The minimum atomic E-state index is -2.37. The molecule has 0 aromatic heterocycles. The Labute approximate surface area is 97.3 Å². The fourth-order valence-corrected chi connectivity index (χ4v) is 1.57. The van der Waals surface area contributed by atoms with Crippen LogP contribution in [-0.4, -0.2) is 0 Å². The minimum absolute atomic E-state index is 0.205. The van der Waals surface area contributed by atoms with Gasteiger partial charge in [-0.1, -0.05) is 18.2 Å². The maximum absolute atomic E-state index is 13.2. The number of benzene rings is 1. The molecule has 0 aliphatic rings. The van der Waals surface area contributed by atoms with Gasteiger partial charge in [-0.3, -0.25) is 0 Å². The largest absolute Gasteiger partial charge is 0.306 e. The summed E-state index contributed by atoms with van der Waals surface area (Å²) in [6.45, 7) is 4.28. The fourth-order valence-electron chi connectivity index (χ4n) is 1.57. The van der Waals surface area contributed by atoms with E-state index >= 15 is 0 Å². The summed E-state index contributed by atoms with van der Waals surface area (Å²) in [5.74, 6) is -1.98. The van der Waals surface area contributed by atoms with E-state index in [9.17, 15) is 17.6 Å². The summed E-state index contributed by atoms with van der Waals surface area (Å²) < 4.78 is 50.7. The highest BCUT2D eigenvalue weighted by atomic mass is 19.3. The molecule has 0 spiro atoms. The molecule has 0 fully saturated rings. The zero-order valence-corrected chi connectivity index (χ0v) is 9.74. The molecule has 1 rings (SSSR count). The standard InChI is InChI=1S/C13H12F4/c1-7(9(3)14)10-5-4-6-11(8(10)2)12(15)13(16)17/h4-6H,1-3H3/b9-7-. The van der Waals surface area contributed by atoms with Gasteiger partial charge in [0.05, 0.1) is 0 Å². The van der Waals surface area contributed by atoms with E-state index in [4.69, 9.17) is 0 Å². The molecule has 1 aromatic carbocycles. The van der Waals surface area contributed by atoms with Gasteiger partial charge in [0, 0.05) is 5.56 Å². The Morgan fingerprint density at radius 3 is 1.94 bits per heavy atom. The number of hydrogen-bond acceptors (Lipinski definition) is 0. The molecule has 0 nitrogen and oxygen atoms in total. The van der Waals surface area contributed by atoms with E-state index in [0.717, 1.165) is 0 Å². The molecule has 0 unspecified atom stereocenters. The Morgan fingerprint density at radius 1 is 0.941 bits per heavy atom. The van der Waals surface area contributed by atoms with Gasteiger partial charge in [-0.25, -0.2) is 8.78 Å². The van der Waals surface area contributed by atoms with Crippen molar-refractivity contribution in [1.82, 2.24) is 0 Å². The fraction of sp³-hybridized carbons (Fsp3) is 0.231. The first-order valence-electron chi connectivity index (χ1n) is 5.00. The van der Waals surface area contributed by atoms with E-state index < -0.39 is 17.7 Å². The molecular weight excluding hydrogens is 232 g/mol. The Bertz CT molecular complexity index is 448. The first-order valence-corrected chi connectivity index (χ1v) is 5.00. The molecule has 0 radical (unpaired) electrons.